The second-order valence-electron chi connectivity index (χ2n) is 3.55. The number of hydrogen-bond donors (Lipinski definition) is 3. The molecule has 0 spiro atoms. The first kappa shape index (κ1) is 12.3. The maximum atomic E-state index is 11.8. The molecule has 18 heavy (non-hydrogen) atoms. The summed E-state index contributed by atoms with van der Waals surface area (Å²) in [5.74, 6) is -0.335. The molecule has 0 aliphatic carbocycles. The van der Waals surface area contributed by atoms with E-state index in [2.05, 4.69) is 21.2 Å². The number of pyridine rings is 1. The fourth-order valence-corrected chi connectivity index (χ4v) is 1.48. The number of nitrogens with zero attached hydrogens (tertiary/aromatic N) is 1. The van der Waals surface area contributed by atoms with Gasteiger partial charge in [-0.05, 0) is 24.4 Å². The molecule has 1 aromatic heterocycles. The van der Waals surface area contributed by atoms with E-state index in [1.54, 1.807) is 13.1 Å². The van der Waals surface area contributed by atoms with E-state index in [1.165, 1.54) is 0 Å². The second kappa shape index (κ2) is 5.42. The zero-order chi connectivity index (χ0) is 13.0. The van der Waals surface area contributed by atoms with Gasteiger partial charge in [0.2, 0.25) is 0 Å². The zero-order valence-electron chi connectivity index (χ0n) is 9.73. The van der Waals surface area contributed by atoms with Crippen LogP contribution in [0.25, 0.3) is 10.9 Å². The maximum Gasteiger partial charge on any atom is 0.288 e. The van der Waals surface area contributed by atoms with E-state index in [4.69, 9.17) is 12.2 Å². The number of carbonyl (C=O) groups excluding carboxylic acids is 1. The van der Waals surface area contributed by atoms with Crippen LogP contribution < -0.4 is 16.2 Å². The lowest BCUT2D eigenvalue weighted by Crippen LogP contribution is -2.45. The van der Waals surface area contributed by atoms with Crippen molar-refractivity contribution in [2.24, 2.45) is 0 Å². The molecule has 2 aromatic rings. The van der Waals surface area contributed by atoms with E-state index in [0.29, 0.717) is 10.8 Å². The molecule has 6 heteroatoms. The van der Waals surface area contributed by atoms with E-state index >= 15 is 0 Å². The van der Waals surface area contributed by atoms with Crippen molar-refractivity contribution >= 4 is 34.1 Å². The minimum absolute atomic E-state index is 0.333. The molecule has 0 saturated carbocycles. The summed E-state index contributed by atoms with van der Waals surface area (Å²) in [6, 6.07) is 11.1. The van der Waals surface area contributed by atoms with Crippen LogP contribution in [-0.2, 0) is 0 Å². The lowest BCUT2D eigenvalue weighted by atomic mass is 10.2. The smallest absolute Gasteiger partial charge is 0.288 e. The van der Waals surface area contributed by atoms with Gasteiger partial charge in [-0.1, -0.05) is 24.3 Å². The van der Waals surface area contributed by atoms with Gasteiger partial charge in [-0.2, -0.15) is 0 Å². The molecule has 1 amide bonds. The van der Waals surface area contributed by atoms with Crippen LogP contribution >= 0.6 is 12.2 Å². The summed E-state index contributed by atoms with van der Waals surface area (Å²) >= 11 is 4.84. The molecule has 92 valence electrons. The van der Waals surface area contributed by atoms with Crippen molar-refractivity contribution in [3.8, 4) is 0 Å². The Labute approximate surface area is 110 Å². The average molecular weight is 260 g/mol. The van der Waals surface area contributed by atoms with Crippen molar-refractivity contribution in [3.63, 3.8) is 0 Å². The Morgan fingerprint density at radius 3 is 2.72 bits per heavy atom. The quantitative estimate of drug-likeness (QED) is 0.527. The maximum absolute atomic E-state index is 11.8. The minimum atomic E-state index is -0.335. The highest BCUT2D eigenvalue weighted by Crippen LogP contribution is 2.11. The van der Waals surface area contributed by atoms with Gasteiger partial charge < -0.3 is 5.32 Å². The molecular formula is C12H12N4OS. The molecule has 0 aliphatic heterocycles. The topological polar surface area (TPSA) is 66.0 Å². The van der Waals surface area contributed by atoms with Gasteiger partial charge in [0, 0.05) is 12.4 Å². The van der Waals surface area contributed by atoms with Gasteiger partial charge in [0.25, 0.3) is 5.91 Å². The van der Waals surface area contributed by atoms with E-state index in [0.717, 1.165) is 10.9 Å². The molecule has 3 N–H and O–H groups in total. The van der Waals surface area contributed by atoms with E-state index in [9.17, 15) is 4.79 Å². The molecule has 0 bridgehead atoms. The highest BCUT2D eigenvalue weighted by atomic mass is 32.1. The number of thiocarbonyl (C=S) groups is 1. The molecule has 0 atom stereocenters. The largest absolute Gasteiger partial charge is 0.364 e. The molecule has 0 unspecified atom stereocenters. The first-order valence-corrected chi connectivity index (χ1v) is 5.75. The third kappa shape index (κ3) is 2.72. The summed E-state index contributed by atoms with van der Waals surface area (Å²) in [6.45, 7) is 0. The van der Waals surface area contributed by atoms with Crippen molar-refractivity contribution < 1.29 is 4.79 Å². The number of benzene rings is 1. The number of fused-ring (bicyclic) bond motifs is 1. The Balaban J connectivity index is 2.15. The Kier molecular flexibility index (Phi) is 3.69. The summed E-state index contributed by atoms with van der Waals surface area (Å²) < 4.78 is 0. The molecule has 0 fully saturated rings. The van der Waals surface area contributed by atoms with Crippen LogP contribution in [0.1, 0.15) is 10.5 Å². The van der Waals surface area contributed by atoms with Crippen molar-refractivity contribution in [1.82, 2.24) is 21.2 Å². The van der Waals surface area contributed by atoms with E-state index in [-0.39, 0.29) is 5.91 Å². The number of carbonyl (C=O) groups is 1. The lowest BCUT2D eigenvalue weighted by molar-refractivity contribution is 0.0939. The zero-order valence-corrected chi connectivity index (χ0v) is 10.5. The second-order valence-corrected chi connectivity index (χ2v) is 3.96. The van der Waals surface area contributed by atoms with Crippen LogP contribution in [0.15, 0.2) is 36.4 Å². The van der Waals surface area contributed by atoms with Gasteiger partial charge >= 0.3 is 0 Å². The molecule has 5 nitrogen and oxygen atoms in total. The molecule has 0 radical (unpaired) electrons. The Morgan fingerprint density at radius 2 is 1.94 bits per heavy atom. The van der Waals surface area contributed by atoms with Crippen LogP contribution in [0.5, 0.6) is 0 Å². The van der Waals surface area contributed by atoms with Crippen LogP contribution in [0.3, 0.4) is 0 Å². The Morgan fingerprint density at radius 1 is 1.17 bits per heavy atom. The number of amides is 1. The Bertz CT molecular complexity index is 599. The minimum Gasteiger partial charge on any atom is -0.364 e. The molecular weight excluding hydrogens is 248 g/mol. The molecule has 0 aliphatic rings. The molecule has 2 rings (SSSR count). The highest BCUT2D eigenvalue weighted by Gasteiger charge is 2.07. The fourth-order valence-electron chi connectivity index (χ4n) is 1.43. The third-order valence-electron chi connectivity index (χ3n) is 2.35. The number of hydrogen-bond acceptors (Lipinski definition) is 3. The number of para-hydroxylation sites is 1. The highest BCUT2D eigenvalue weighted by molar-refractivity contribution is 7.80. The van der Waals surface area contributed by atoms with Crippen LogP contribution in [0.2, 0.25) is 0 Å². The summed E-state index contributed by atoms with van der Waals surface area (Å²) in [5, 5.41) is 4.02. The number of aromatic nitrogens is 1. The van der Waals surface area contributed by atoms with Crippen LogP contribution in [0.4, 0.5) is 0 Å². The molecule has 1 heterocycles. The summed E-state index contributed by atoms with van der Waals surface area (Å²) in [4.78, 5) is 16.0. The van der Waals surface area contributed by atoms with Crippen LogP contribution in [0, 0.1) is 0 Å². The van der Waals surface area contributed by atoms with Gasteiger partial charge in [-0.3, -0.25) is 15.6 Å². The molecule has 0 saturated heterocycles. The van der Waals surface area contributed by atoms with Gasteiger partial charge in [-0.15, -0.1) is 0 Å². The van der Waals surface area contributed by atoms with E-state index < -0.39 is 0 Å². The summed E-state index contributed by atoms with van der Waals surface area (Å²) in [7, 11) is 1.66. The number of hydrazine groups is 1. The monoisotopic (exact) mass is 260 g/mol. The predicted octanol–water partition coefficient (Wildman–Crippen LogP) is 0.973. The van der Waals surface area contributed by atoms with Gasteiger partial charge in [0.15, 0.2) is 5.11 Å². The summed E-state index contributed by atoms with van der Waals surface area (Å²) in [6.07, 6.45) is 0. The van der Waals surface area contributed by atoms with Crippen molar-refractivity contribution in [3.05, 3.63) is 42.1 Å². The average Bonchev–Trinajstić information content (AvgIpc) is 2.43. The third-order valence-corrected chi connectivity index (χ3v) is 2.65. The van der Waals surface area contributed by atoms with E-state index in [1.807, 2.05) is 30.3 Å². The van der Waals surface area contributed by atoms with Gasteiger partial charge in [0.05, 0.1) is 5.52 Å². The first-order valence-electron chi connectivity index (χ1n) is 5.34. The lowest BCUT2D eigenvalue weighted by Gasteiger charge is -2.08. The van der Waals surface area contributed by atoms with Crippen molar-refractivity contribution in [2.45, 2.75) is 0 Å². The predicted molar refractivity (Wildman–Crippen MR) is 74.0 cm³/mol. The van der Waals surface area contributed by atoms with Crippen LogP contribution in [-0.4, -0.2) is 23.1 Å². The molecule has 1 aromatic carbocycles. The van der Waals surface area contributed by atoms with Gasteiger partial charge in [-0.25, -0.2) is 4.98 Å². The van der Waals surface area contributed by atoms with Crippen molar-refractivity contribution in [2.75, 3.05) is 7.05 Å². The SMILES string of the molecule is CNC(=S)NNC(=O)c1ccc2ccccc2n1. The summed E-state index contributed by atoms with van der Waals surface area (Å²) in [5.41, 5.74) is 6.13. The number of nitrogens with one attached hydrogen (secondary N) is 3. The standard InChI is InChI=1S/C12H12N4OS/c1-13-12(18)16-15-11(17)10-7-6-8-4-2-3-5-9(8)14-10/h2-7H,1H3,(H,15,17)(H2,13,16,18). The van der Waals surface area contributed by atoms with Gasteiger partial charge in [0.1, 0.15) is 5.69 Å². The fraction of sp³-hybridized carbons (Fsp3) is 0.0833. The Hall–Kier alpha value is -2.21. The number of rotatable bonds is 1. The first-order chi connectivity index (χ1) is 8.70. The van der Waals surface area contributed by atoms with Crippen molar-refractivity contribution in [1.29, 1.82) is 0 Å². The normalized spacial score (nSPS) is 9.83.